The van der Waals surface area contributed by atoms with Crippen LogP contribution >= 0.6 is 15.9 Å². The molecule has 0 amide bonds. The SMILES string of the molecule is CC(C)Cc1c(Br)noc1N. The normalized spacial score (nSPS) is 10.9. The Morgan fingerprint density at radius 2 is 2.27 bits per heavy atom. The molecule has 0 spiro atoms. The Labute approximate surface area is 74.1 Å². The molecule has 0 saturated carbocycles. The lowest BCUT2D eigenvalue weighted by Gasteiger charge is -2.00. The summed E-state index contributed by atoms with van der Waals surface area (Å²) in [5.74, 6) is 0.985. The minimum atomic E-state index is 0.422. The van der Waals surface area contributed by atoms with Gasteiger partial charge in [0.2, 0.25) is 5.88 Å². The Balaban J connectivity index is 2.83. The van der Waals surface area contributed by atoms with E-state index in [1.54, 1.807) is 0 Å². The first-order valence-corrected chi connectivity index (χ1v) is 4.30. The highest BCUT2D eigenvalue weighted by atomic mass is 79.9. The summed E-state index contributed by atoms with van der Waals surface area (Å²) in [6.07, 6.45) is 0.899. The van der Waals surface area contributed by atoms with Crippen molar-refractivity contribution in [3.8, 4) is 0 Å². The first-order chi connectivity index (χ1) is 5.11. The van der Waals surface area contributed by atoms with E-state index >= 15 is 0 Å². The zero-order valence-corrected chi connectivity index (χ0v) is 8.18. The summed E-state index contributed by atoms with van der Waals surface area (Å²) in [4.78, 5) is 0. The van der Waals surface area contributed by atoms with Crippen molar-refractivity contribution in [2.45, 2.75) is 20.3 Å². The van der Waals surface area contributed by atoms with Crippen LogP contribution < -0.4 is 5.73 Å². The van der Waals surface area contributed by atoms with Crippen molar-refractivity contribution in [2.75, 3.05) is 5.73 Å². The van der Waals surface area contributed by atoms with Crippen LogP contribution in [0, 0.1) is 5.92 Å². The van der Waals surface area contributed by atoms with Crippen LogP contribution in [0.1, 0.15) is 19.4 Å². The molecule has 4 heteroatoms. The predicted molar refractivity (Wildman–Crippen MR) is 47.2 cm³/mol. The largest absolute Gasteiger partial charge is 0.367 e. The molecule has 62 valence electrons. The lowest BCUT2D eigenvalue weighted by Crippen LogP contribution is -1.96. The number of nitrogen functional groups attached to an aromatic ring is 1. The van der Waals surface area contributed by atoms with Crippen molar-refractivity contribution in [2.24, 2.45) is 5.92 Å². The Morgan fingerprint density at radius 3 is 2.64 bits per heavy atom. The molecule has 0 bridgehead atoms. The number of hydrogen-bond acceptors (Lipinski definition) is 3. The van der Waals surface area contributed by atoms with E-state index in [0.29, 0.717) is 11.8 Å². The average molecular weight is 219 g/mol. The van der Waals surface area contributed by atoms with Crippen LogP contribution in [0.25, 0.3) is 0 Å². The molecule has 3 nitrogen and oxygen atoms in total. The lowest BCUT2D eigenvalue weighted by molar-refractivity contribution is 0.431. The standard InChI is InChI=1S/C7H11BrN2O/c1-4(2)3-5-6(8)10-11-7(5)9/h4H,3,9H2,1-2H3. The van der Waals surface area contributed by atoms with E-state index < -0.39 is 0 Å². The highest BCUT2D eigenvalue weighted by Gasteiger charge is 2.11. The maximum Gasteiger partial charge on any atom is 0.226 e. The van der Waals surface area contributed by atoms with E-state index in [1.807, 2.05) is 0 Å². The smallest absolute Gasteiger partial charge is 0.226 e. The molecule has 0 aliphatic rings. The summed E-state index contributed by atoms with van der Waals surface area (Å²) in [6, 6.07) is 0. The molecule has 0 aliphatic heterocycles. The molecule has 0 aliphatic carbocycles. The van der Waals surface area contributed by atoms with Crippen molar-refractivity contribution < 1.29 is 4.52 Å². The molecule has 0 radical (unpaired) electrons. The monoisotopic (exact) mass is 218 g/mol. The van der Waals surface area contributed by atoms with Crippen molar-refractivity contribution >= 4 is 21.8 Å². The molecule has 0 saturated heterocycles. The fourth-order valence-electron chi connectivity index (χ4n) is 0.894. The summed E-state index contributed by atoms with van der Waals surface area (Å²) in [5.41, 5.74) is 6.50. The number of rotatable bonds is 2. The van der Waals surface area contributed by atoms with Gasteiger partial charge in [-0.3, -0.25) is 0 Å². The first kappa shape index (κ1) is 8.59. The van der Waals surface area contributed by atoms with Gasteiger partial charge in [0, 0.05) is 0 Å². The van der Waals surface area contributed by atoms with E-state index in [4.69, 9.17) is 10.3 Å². The maximum atomic E-state index is 5.53. The van der Waals surface area contributed by atoms with Crippen molar-refractivity contribution in [1.29, 1.82) is 0 Å². The Morgan fingerprint density at radius 1 is 1.64 bits per heavy atom. The third-order valence-corrected chi connectivity index (χ3v) is 2.01. The van der Waals surface area contributed by atoms with Gasteiger partial charge in [0.1, 0.15) is 0 Å². The second kappa shape index (κ2) is 3.26. The summed E-state index contributed by atoms with van der Waals surface area (Å²) in [5, 5.41) is 3.69. The molecule has 1 rings (SSSR count). The molecule has 0 unspecified atom stereocenters. The minimum absolute atomic E-state index is 0.422. The molecule has 1 heterocycles. The molecular weight excluding hydrogens is 208 g/mol. The summed E-state index contributed by atoms with van der Waals surface area (Å²) in [6.45, 7) is 4.25. The fourth-order valence-corrected chi connectivity index (χ4v) is 1.32. The second-order valence-electron chi connectivity index (χ2n) is 2.91. The summed E-state index contributed by atoms with van der Waals surface area (Å²) in [7, 11) is 0. The van der Waals surface area contributed by atoms with Crippen LogP contribution in [0.4, 0.5) is 5.88 Å². The van der Waals surface area contributed by atoms with Gasteiger partial charge in [-0.15, -0.1) is 0 Å². The van der Waals surface area contributed by atoms with Gasteiger partial charge < -0.3 is 10.3 Å². The summed E-state index contributed by atoms with van der Waals surface area (Å²) >= 11 is 3.26. The van der Waals surface area contributed by atoms with Crippen LogP contribution in [0.3, 0.4) is 0 Å². The fraction of sp³-hybridized carbons (Fsp3) is 0.571. The topological polar surface area (TPSA) is 52.0 Å². The van der Waals surface area contributed by atoms with Crippen LogP contribution in [0.15, 0.2) is 9.13 Å². The quantitative estimate of drug-likeness (QED) is 0.829. The molecule has 0 atom stereocenters. The number of anilines is 1. The summed E-state index contributed by atoms with van der Waals surface area (Å²) < 4.78 is 5.50. The number of hydrogen-bond donors (Lipinski definition) is 1. The van der Waals surface area contributed by atoms with Gasteiger partial charge in [0.05, 0.1) is 5.56 Å². The van der Waals surface area contributed by atoms with E-state index in [-0.39, 0.29) is 0 Å². The van der Waals surface area contributed by atoms with E-state index in [1.165, 1.54) is 0 Å². The second-order valence-corrected chi connectivity index (χ2v) is 3.67. The number of nitrogens with zero attached hydrogens (tertiary/aromatic N) is 1. The van der Waals surface area contributed by atoms with Crippen molar-refractivity contribution in [3.05, 3.63) is 10.2 Å². The Bertz CT molecular complexity index is 225. The van der Waals surface area contributed by atoms with E-state index in [0.717, 1.165) is 16.6 Å². The van der Waals surface area contributed by atoms with Crippen LogP contribution in [0.5, 0.6) is 0 Å². The number of nitrogens with two attached hydrogens (primary N) is 1. The highest BCUT2D eigenvalue weighted by molar-refractivity contribution is 9.10. The number of aromatic nitrogens is 1. The van der Waals surface area contributed by atoms with Gasteiger partial charge in [-0.05, 0) is 28.3 Å². The van der Waals surface area contributed by atoms with Gasteiger partial charge in [-0.1, -0.05) is 19.0 Å². The maximum absolute atomic E-state index is 5.53. The Kier molecular flexibility index (Phi) is 2.54. The zero-order chi connectivity index (χ0) is 8.43. The van der Waals surface area contributed by atoms with Crippen molar-refractivity contribution in [1.82, 2.24) is 5.16 Å². The first-order valence-electron chi connectivity index (χ1n) is 3.50. The molecule has 1 aromatic rings. The zero-order valence-electron chi connectivity index (χ0n) is 6.60. The minimum Gasteiger partial charge on any atom is -0.367 e. The average Bonchev–Trinajstić information content (AvgIpc) is 2.18. The highest BCUT2D eigenvalue weighted by Crippen LogP contribution is 2.24. The molecule has 0 fully saturated rings. The Hall–Kier alpha value is -0.510. The van der Waals surface area contributed by atoms with Crippen molar-refractivity contribution in [3.63, 3.8) is 0 Å². The van der Waals surface area contributed by atoms with E-state index in [2.05, 4.69) is 34.9 Å². The predicted octanol–water partition coefficient (Wildman–Crippen LogP) is 2.22. The molecular formula is C7H11BrN2O. The molecule has 0 aromatic carbocycles. The number of halogens is 1. The molecule has 11 heavy (non-hydrogen) atoms. The van der Waals surface area contributed by atoms with E-state index in [9.17, 15) is 0 Å². The third-order valence-electron chi connectivity index (χ3n) is 1.38. The molecule has 2 N–H and O–H groups in total. The molecule has 1 aromatic heterocycles. The van der Waals surface area contributed by atoms with Gasteiger partial charge in [0.25, 0.3) is 0 Å². The van der Waals surface area contributed by atoms with Gasteiger partial charge >= 0.3 is 0 Å². The van der Waals surface area contributed by atoms with Crippen LogP contribution in [-0.4, -0.2) is 5.16 Å². The van der Waals surface area contributed by atoms with Gasteiger partial charge in [-0.2, -0.15) is 0 Å². The van der Waals surface area contributed by atoms with Gasteiger partial charge in [-0.25, -0.2) is 0 Å². The van der Waals surface area contributed by atoms with Crippen LogP contribution in [-0.2, 0) is 6.42 Å². The van der Waals surface area contributed by atoms with Gasteiger partial charge in [0.15, 0.2) is 4.60 Å². The lowest BCUT2D eigenvalue weighted by atomic mass is 10.1. The van der Waals surface area contributed by atoms with Crippen LogP contribution in [0.2, 0.25) is 0 Å². The third kappa shape index (κ3) is 1.96.